The first-order chi connectivity index (χ1) is 8.38. The number of aromatic nitrogens is 1. The molecule has 0 spiro atoms. The summed E-state index contributed by atoms with van der Waals surface area (Å²) in [5.41, 5.74) is 0.918. The Morgan fingerprint density at radius 3 is 2.78 bits per heavy atom. The smallest absolute Gasteiger partial charge is 0.370 e. The van der Waals surface area contributed by atoms with Gasteiger partial charge in [-0.05, 0) is 19.1 Å². The van der Waals surface area contributed by atoms with E-state index in [1.807, 2.05) is 0 Å². The van der Waals surface area contributed by atoms with Crippen molar-refractivity contribution in [2.75, 3.05) is 19.8 Å². The van der Waals surface area contributed by atoms with Crippen molar-refractivity contribution >= 4 is 5.91 Å². The number of carbonyl (C=O) groups excluding carboxylic acids is 1. The van der Waals surface area contributed by atoms with E-state index in [1.165, 1.54) is 6.07 Å². The molecule has 0 atom stereocenters. The van der Waals surface area contributed by atoms with Gasteiger partial charge in [-0.1, -0.05) is 6.07 Å². The van der Waals surface area contributed by atoms with Crippen molar-refractivity contribution in [2.24, 2.45) is 0 Å². The SMILES string of the molecule is Cc1cccc(C(=O)NCCOCC(F)(F)F)n1. The lowest BCUT2D eigenvalue weighted by Crippen LogP contribution is -2.29. The second-order valence-corrected chi connectivity index (χ2v) is 3.59. The maximum absolute atomic E-state index is 11.7. The van der Waals surface area contributed by atoms with Gasteiger partial charge in [0, 0.05) is 12.2 Å². The average Bonchev–Trinajstić information content (AvgIpc) is 2.26. The molecule has 1 aromatic heterocycles. The summed E-state index contributed by atoms with van der Waals surface area (Å²) in [5, 5.41) is 2.42. The lowest BCUT2D eigenvalue weighted by molar-refractivity contribution is -0.173. The van der Waals surface area contributed by atoms with Crippen LogP contribution in [-0.4, -0.2) is 36.8 Å². The van der Waals surface area contributed by atoms with Gasteiger partial charge in [-0.3, -0.25) is 4.79 Å². The van der Waals surface area contributed by atoms with Crippen molar-refractivity contribution in [3.8, 4) is 0 Å². The highest BCUT2D eigenvalue weighted by atomic mass is 19.4. The van der Waals surface area contributed by atoms with E-state index in [0.29, 0.717) is 5.69 Å². The van der Waals surface area contributed by atoms with Crippen molar-refractivity contribution in [1.82, 2.24) is 10.3 Å². The zero-order valence-corrected chi connectivity index (χ0v) is 9.75. The minimum absolute atomic E-state index is 0.00450. The normalized spacial score (nSPS) is 11.3. The van der Waals surface area contributed by atoms with Gasteiger partial charge in [0.15, 0.2) is 0 Å². The van der Waals surface area contributed by atoms with Crippen LogP contribution >= 0.6 is 0 Å². The Hall–Kier alpha value is -1.63. The Morgan fingerprint density at radius 1 is 1.44 bits per heavy atom. The van der Waals surface area contributed by atoms with E-state index >= 15 is 0 Å². The third-order valence-electron chi connectivity index (χ3n) is 1.92. The van der Waals surface area contributed by atoms with Gasteiger partial charge in [0.1, 0.15) is 12.3 Å². The van der Waals surface area contributed by atoms with Crippen LogP contribution in [0.1, 0.15) is 16.2 Å². The van der Waals surface area contributed by atoms with Crippen LogP contribution < -0.4 is 5.32 Å². The van der Waals surface area contributed by atoms with Crippen LogP contribution in [0.15, 0.2) is 18.2 Å². The topological polar surface area (TPSA) is 51.2 Å². The highest BCUT2D eigenvalue weighted by molar-refractivity contribution is 5.92. The molecule has 0 fully saturated rings. The molecule has 7 heteroatoms. The molecule has 1 aromatic rings. The van der Waals surface area contributed by atoms with E-state index in [-0.39, 0.29) is 18.8 Å². The third-order valence-corrected chi connectivity index (χ3v) is 1.92. The molecular formula is C11H13F3N2O2. The zero-order valence-electron chi connectivity index (χ0n) is 9.75. The Bertz CT molecular complexity index is 408. The number of hydrogen-bond donors (Lipinski definition) is 1. The molecule has 0 radical (unpaired) electrons. The number of rotatable bonds is 5. The molecule has 1 N–H and O–H groups in total. The predicted octanol–water partition coefficient (Wildman–Crippen LogP) is 1.70. The number of hydrogen-bond acceptors (Lipinski definition) is 3. The molecule has 18 heavy (non-hydrogen) atoms. The molecule has 100 valence electrons. The number of carbonyl (C=O) groups is 1. The van der Waals surface area contributed by atoms with Crippen LogP contribution in [-0.2, 0) is 4.74 Å². The summed E-state index contributed by atoms with van der Waals surface area (Å²) >= 11 is 0. The van der Waals surface area contributed by atoms with Gasteiger partial charge in [-0.25, -0.2) is 4.98 Å². The Labute approximate surface area is 102 Å². The Balaban J connectivity index is 2.26. The van der Waals surface area contributed by atoms with Gasteiger partial charge < -0.3 is 10.1 Å². The van der Waals surface area contributed by atoms with Crippen LogP contribution in [0.25, 0.3) is 0 Å². The van der Waals surface area contributed by atoms with Gasteiger partial charge in [0.25, 0.3) is 5.91 Å². The standard InChI is InChI=1S/C11H13F3N2O2/c1-8-3-2-4-9(16-8)10(17)15-5-6-18-7-11(12,13)14/h2-4H,5-7H2,1H3,(H,15,17). The van der Waals surface area contributed by atoms with Gasteiger partial charge in [-0.2, -0.15) is 13.2 Å². The second kappa shape index (κ2) is 6.34. The Kier molecular flexibility index (Phi) is 5.08. The maximum Gasteiger partial charge on any atom is 0.411 e. The molecule has 0 aliphatic carbocycles. The summed E-state index contributed by atoms with van der Waals surface area (Å²) in [5.74, 6) is -0.436. The summed E-state index contributed by atoms with van der Waals surface area (Å²) in [6, 6.07) is 4.94. The molecule has 1 heterocycles. The van der Waals surface area contributed by atoms with E-state index in [0.717, 1.165) is 0 Å². The lowest BCUT2D eigenvalue weighted by Gasteiger charge is -2.08. The molecule has 0 saturated carbocycles. The van der Waals surface area contributed by atoms with Crippen LogP contribution in [0.5, 0.6) is 0 Å². The van der Waals surface area contributed by atoms with Crippen LogP contribution in [0.3, 0.4) is 0 Å². The fourth-order valence-electron chi connectivity index (χ4n) is 1.18. The fraction of sp³-hybridized carbons (Fsp3) is 0.455. The van der Waals surface area contributed by atoms with Crippen molar-refractivity contribution < 1.29 is 22.7 Å². The Morgan fingerprint density at radius 2 is 2.17 bits per heavy atom. The van der Waals surface area contributed by atoms with Crippen molar-refractivity contribution in [3.05, 3.63) is 29.6 Å². The number of pyridine rings is 1. The quantitative estimate of drug-likeness (QED) is 0.822. The van der Waals surface area contributed by atoms with Crippen LogP contribution in [0, 0.1) is 6.92 Å². The number of ether oxygens (including phenoxy) is 1. The molecule has 1 amide bonds. The molecule has 0 aliphatic rings. The molecule has 0 aliphatic heterocycles. The summed E-state index contributed by atoms with van der Waals surface area (Å²) in [7, 11) is 0. The first-order valence-electron chi connectivity index (χ1n) is 5.25. The first kappa shape index (κ1) is 14.4. The highest BCUT2D eigenvalue weighted by Gasteiger charge is 2.27. The zero-order chi connectivity index (χ0) is 13.6. The van der Waals surface area contributed by atoms with Gasteiger partial charge in [0.2, 0.25) is 0 Å². The van der Waals surface area contributed by atoms with Gasteiger partial charge in [-0.15, -0.1) is 0 Å². The van der Waals surface area contributed by atoms with Crippen molar-refractivity contribution in [3.63, 3.8) is 0 Å². The summed E-state index contributed by atoms with van der Waals surface area (Å²) < 4.78 is 39.5. The lowest BCUT2D eigenvalue weighted by atomic mass is 10.3. The molecule has 0 saturated heterocycles. The minimum Gasteiger partial charge on any atom is -0.370 e. The number of amides is 1. The number of halogens is 3. The van der Waals surface area contributed by atoms with Gasteiger partial charge >= 0.3 is 6.18 Å². The molecule has 4 nitrogen and oxygen atoms in total. The van der Waals surface area contributed by atoms with E-state index in [9.17, 15) is 18.0 Å². The van der Waals surface area contributed by atoms with Crippen molar-refractivity contribution in [1.29, 1.82) is 0 Å². The predicted molar refractivity (Wildman–Crippen MR) is 58.2 cm³/mol. The largest absolute Gasteiger partial charge is 0.411 e. The summed E-state index contributed by atoms with van der Waals surface area (Å²) in [6.07, 6.45) is -4.35. The number of nitrogens with one attached hydrogen (secondary N) is 1. The molecular weight excluding hydrogens is 249 g/mol. The first-order valence-corrected chi connectivity index (χ1v) is 5.25. The summed E-state index contributed by atoms with van der Waals surface area (Å²) in [6.45, 7) is 0.233. The molecule has 0 unspecified atom stereocenters. The molecule has 0 aromatic carbocycles. The molecule has 0 bridgehead atoms. The maximum atomic E-state index is 11.7. The monoisotopic (exact) mass is 262 g/mol. The van der Waals surface area contributed by atoms with Crippen LogP contribution in [0.4, 0.5) is 13.2 Å². The van der Waals surface area contributed by atoms with Crippen LogP contribution in [0.2, 0.25) is 0 Å². The average molecular weight is 262 g/mol. The summed E-state index contributed by atoms with van der Waals surface area (Å²) in [4.78, 5) is 15.5. The van der Waals surface area contributed by atoms with E-state index in [4.69, 9.17) is 0 Å². The van der Waals surface area contributed by atoms with Gasteiger partial charge in [0.05, 0.1) is 6.61 Å². The highest BCUT2D eigenvalue weighted by Crippen LogP contribution is 2.13. The third kappa shape index (κ3) is 5.62. The minimum atomic E-state index is -4.35. The molecule has 1 rings (SSSR count). The number of aryl methyl sites for hydroxylation is 1. The number of nitrogens with zero attached hydrogens (tertiary/aromatic N) is 1. The van der Waals surface area contributed by atoms with E-state index < -0.39 is 18.7 Å². The number of alkyl halides is 3. The van der Waals surface area contributed by atoms with E-state index in [1.54, 1.807) is 19.1 Å². The van der Waals surface area contributed by atoms with Crippen molar-refractivity contribution in [2.45, 2.75) is 13.1 Å². The van der Waals surface area contributed by atoms with E-state index in [2.05, 4.69) is 15.0 Å². The second-order valence-electron chi connectivity index (χ2n) is 3.59. The fourth-order valence-corrected chi connectivity index (χ4v) is 1.18.